The molecular weight excluding hydrogens is 479 g/mol. The van der Waals surface area contributed by atoms with Crippen molar-refractivity contribution in [3.05, 3.63) is 38.8 Å². The van der Waals surface area contributed by atoms with E-state index in [9.17, 15) is 14.4 Å². The van der Waals surface area contributed by atoms with Gasteiger partial charge >= 0.3 is 5.69 Å². The van der Waals surface area contributed by atoms with Crippen molar-refractivity contribution in [3.63, 3.8) is 0 Å². The number of hydrogen-bond donors (Lipinski definition) is 2. The van der Waals surface area contributed by atoms with Gasteiger partial charge in [-0.1, -0.05) is 32.1 Å². The Kier molecular flexibility index (Phi) is 7.40. The maximum absolute atomic E-state index is 15.2. The lowest BCUT2D eigenvalue weighted by Crippen LogP contribution is -2.45. The molecule has 37 heavy (non-hydrogen) atoms. The predicted octanol–water partition coefficient (Wildman–Crippen LogP) is 3.43. The van der Waals surface area contributed by atoms with Gasteiger partial charge in [-0.15, -0.1) is 0 Å². The van der Waals surface area contributed by atoms with Crippen molar-refractivity contribution in [2.45, 2.75) is 102 Å². The molecule has 3 aliphatic rings. The van der Waals surface area contributed by atoms with E-state index < -0.39 is 35.3 Å². The summed E-state index contributed by atoms with van der Waals surface area (Å²) in [7, 11) is 0. The summed E-state index contributed by atoms with van der Waals surface area (Å²) in [5.41, 5.74) is -0.440. The number of amides is 1. The highest BCUT2D eigenvalue weighted by molar-refractivity contribution is 5.83. The van der Waals surface area contributed by atoms with Crippen LogP contribution < -0.4 is 21.9 Å². The molecule has 1 amide bonds. The molecule has 2 N–H and O–H groups in total. The summed E-state index contributed by atoms with van der Waals surface area (Å²) in [6.07, 6.45) is 8.58. The topological polar surface area (TPSA) is 104 Å². The number of benzene rings is 1. The van der Waals surface area contributed by atoms with E-state index in [2.05, 4.69) is 10.6 Å². The van der Waals surface area contributed by atoms with E-state index in [4.69, 9.17) is 9.47 Å². The molecule has 3 fully saturated rings. The van der Waals surface area contributed by atoms with Crippen LogP contribution in [0.25, 0.3) is 10.9 Å². The Bertz CT molecular complexity index is 1270. The highest BCUT2D eigenvalue weighted by Gasteiger charge is 2.33. The van der Waals surface area contributed by atoms with Gasteiger partial charge in [0.2, 0.25) is 5.91 Å². The van der Waals surface area contributed by atoms with Crippen molar-refractivity contribution < 1.29 is 18.7 Å². The second-order valence-electron chi connectivity index (χ2n) is 11.1. The van der Waals surface area contributed by atoms with Crippen LogP contribution in [0.5, 0.6) is 0 Å². The molecule has 1 saturated heterocycles. The molecule has 2 saturated carbocycles. The normalized spacial score (nSPS) is 22.5. The van der Waals surface area contributed by atoms with Crippen molar-refractivity contribution >= 4 is 22.5 Å². The quantitative estimate of drug-likeness (QED) is 0.585. The summed E-state index contributed by atoms with van der Waals surface area (Å²) in [5.74, 6) is -1.72. The SMILES string of the molecule is CC1(C)OCC(CNC(=O)Cn2c(=O)c3cc(F)c(NC4CCCCC4)cc3n(C3CCCC3)c2=O)O1. The van der Waals surface area contributed by atoms with Crippen molar-refractivity contribution in [1.29, 1.82) is 0 Å². The summed E-state index contributed by atoms with van der Waals surface area (Å²) in [5, 5.41) is 6.15. The molecule has 0 radical (unpaired) electrons. The molecule has 2 aromatic rings. The van der Waals surface area contributed by atoms with Gasteiger partial charge in [-0.2, -0.15) is 0 Å². The monoisotopic (exact) mass is 516 g/mol. The van der Waals surface area contributed by atoms with Gasteiger partial charge in [-0.25, -0.2) is 9.18 Å². The first-order chi connectivity index (χ1) is 17.7. The van der Waals surface area contributed by atoms with Gasteiger partial charge in [0.15, 0.2) is 5.79 Å². The summed E-state index contributed by atoms with van der Waals surface area (Å²) in [6.45, 7) is 3.69. The first-order valence-electron chi connectivity index (χ1n) is 13.6. The van der Waals surface area contributed by atoms with E-state index in [1.54, 1.807) is 24.5 Å². The molecule has 2 heterocycles. The number of halogens is 1. The van der Waals surface area contributed by atoms with Crippen LogP contribution in [-0.4, -0.2) is 46.1 Å². The molecule has 2 aliphatic carbocycles. The zero-order valence-corrected chi connectivity index (χ0v) is 21.7. The van der Waals surface area contributed by atoms with E-state index in [0.717, 1.165) is 55.9 Å². The second kappa shape index (κ2) is 10.6. The second-order valence-corrected chi connectivity index (χ2v) is 11.1. The molecule has 1 aromatic heterocycles. The lowest BCUT2D eigenvalue weighted by atomic mass is 9.95. The minimum atomic E-state index is -0.714. The number of ether oxygens (including phenoxy) is 2. The molecule has 10 heteroatoms. The van der Waals surface area contributed by atoms with Crippen LogP contribution >= 0.6 is 0 Å². The minimum absolute atomic E-state index is 0.0934. The van der Waals surface area contributed by atoms with Gasteiger partial charge in [0.1, 0.15) is 18.5 Å². The third-order valence-corrected chi connectivity index (χ3v) is 7.81. The molecule has 0 bridgehead atoms. The van der Waals surface area contributed by atoms with Gasteiger partial charge in [-0.3, -0.25) is 18.7 Å². The average Bonchev–Trinajstić information content (AvgIpc) is 3.52. The minimum Gasteiger partial charge on any atom is -0.380 e. The molecular formula is C27H37FN4O5. The number of nitrogens with zero attached hydrogens (tertiary/aromatic N) is 2. The summed E-state index contributed by atoms with van der Waals surface area (Å²) in [4.78, 5) is 39.8. The van der Waals surface area contributed by atoms with E-state index in [-0.39, 0.29) is 30.1 Å². The van der Waals surface area contributed by atoms with Crippen LogP contribution in [0.2, 0.25) is 0 Å². The fourth-order valence-electron chi connectivity index (χ4n) is 5.92. The van der Waals surface area contributed by atoms with Crippen LogP contribution in [-0.2, 0) is 20.8 Å². The van der Waals surface area contributed by atoms with Crippen LogP contribution in [0, 0.1) is 5.82 Å². The smallest absolute Gasteiger partial charge is 0.332 e. The van der Waals surface area contributed by atoms with Gasteiger partial charge in [-0.05, 0) is 51.7 Å². The fourth-order valence-corrected chi connectivity index (χ4v) is 5.92. The van der Waals surface area contributed by atoms with E-state index >= 15 is 4.39 Å². The van der Waals surface area contributed by atoms with E-state index in [1.807, 2.05) is 0 Å². The Labute approximate surface area is 215 Å². The van der Waals surface area contributed by atoms with Crippen LogP contribution in [0.4, 0.5) is 10.1 Å². The number of fused-ring (bicyclic) bond motifs is 1. The molecule has 9 nitrogen and oxygen atoms in total. The van der Waals surface area contributed by atoms with Gasteiger partial charge in [0.25, 0.3) is 5.56 Å². The Balaban J connectivity index is 1.46. The van der Waals surface area contributed by atoms with Crippen LogP contribution in [0.3, 0.4) is 0 Å². The molecule has 1 unspecified atom stereocenters. The Morgan fingerprint density at radius 2 is 1.78 bits per heavy atom. The zero-order valence-electron chi connectivity index (χ0n) is 21.7. The summed E-state index contributed by atoms with van der Waals surface area (Å²) in [6, 6.07) is 2.91. The lowest BCUT2D eigenvalue weighted by Gasteiger charge is -2.25. The first-order valence-corrected chi connectivity index (χ1v) is 13.6. The number of hydrogen-bond acceptors (Lipinski definition) is 6. The highest BCUT2D eigenvalue weighted by Crippen LogP contribution is 2.32. The van der Waals surface area contributed by atoms with Crippen molar-refractivity contribution in [2.75, 3.05) is 18.5 Å². The highest BCUT2D eigenvalue weighted by atomic mass is 19.1. The standard InChI is InChI=1S/C27H37FN4O5/c1-27(2)36-16-19(37-27)14-29-24(33)15-31-25(34)20-12-21(28)22(30-17-8-4-3-5-9-17)13-23(20)32(26(31)35)18-10-6-7-11-18/h12-13,17-19,30H,3-11,14-16H2,1-2H3,(H,29,33). The lowest BCUT2D eigenvalue weighted by molar-refractivity contribution is -0.139. The molecule has 1 aliphatic heterocycles. The van der Waals surface area contributed by atoms with E-state index in [0.29, 0.717) is 17.8 Å². The van der Waals surface area contributed by atoms with E-state index in [1.165, 1.54) is 12.5 Å². The van der Waals surface area contributed by atoms with Crippen LogP contribution in [0.1, 0.15) is 77.7 Å². The van der Waals surface area contributed by atoms with Gasteiger partial charge < -0.3 is 20.1 Å². The Morgan fingerprint density at radius 1 is 1.08 bits per heavy atom. The number of carbonyl (C=O) groups excluding carboxylic acids is 1. The van der Waals surface area contributed by atoms with Crippen molar-refractivity contribution in [1.82, 2.24) is 14.5 Å². The zero-order chi connectivity index (χ0) is 26.2. The molecule has 5 rings (SSSR count). The molecule has 202 valence electrons. The summed E-state index contributed by atoms with van der Waals surface area (Å²) >= 11 is 0. The number of aromatic nitrogens is 2. The molecule has 0 spiro atoms. The number of anilines is 1. The molecule has 1 aromatic carbocycles. The maximum atomic E-state index is 15.2. The van der Waals surface area contributed by atoms with Gasteiger partial charge in [0.05, 0.1) is 23.2 Å². The third kappa shape index (κ3) is 5.60. The van der Waals surface area contributed by atoms with Crippen molar-refractivity contribution in [2.24, 2.45) is 0 Å². The third-order valence-electron chi connectivity index (χ3n) is 7.81. The molecule has 1 atom stereocenters. The predicted molar refractivity (Wildman–Crippen MR) is 138 cm³/mol. The van der Waals surface area contributed by atoms with Crippen LogP contribution in [0.15, 0.2) is 21.7 Å². The number of carbonyl (C=O) groups is 1. The Hall–Kier alpha value is -2.72. The maximum Gasteiger partial charge on any atom is 0.332 e. The first kappa shape index (κ1) is 25.9. The number of rotatable bonds is 7. The average molecular weight is 517 g/mol. The largest absolute Gasteiger partial charge is 0.380 e. The number of nitrogens with one attached hydrogen (secondary N) is 2. The fraction of sp³-hybridized carbons (Fsp3) is 0.667. The van der Waals surface area contributed by atoms with Gasteiger partial charge in [0, 0.05) is 18.6 Å². The van der Waals surface area contributed by atoms with Crippen molar-refractivity contribution in [3.8, 4) is 0 Å². The summed E-state index contributed by atoms with van der Waals surface area (Å²) < 4.78 is 29.0. The Morgan fingerprint density at radius 3 is 2.46 bits per heavy atom.